The first-order valence-corrected chi connectivity index (χ1v) is 11.8. The molecule has 0 spiro atoms. The minimum Gasteiger partial charge on any atom is -1.00 e. The predicted molar refractivity (Wildman–Crippen MR) is 125 cm³/mol. The largest absolute Gasteiger partial charge is 1.00 e. The SMILES string of the molecule is CC1CCC(C(C)C)C(OC(=O)Cn2c(COc3ccccc3)[n+](C)c3ccccc32)C1.[Cl-]. The molecule has 1 aliphatic rings. The lowest BCUT2D eigenvalue weighted by atomic mass is 9.75. The van der Waals surface area contributed by atoms with Crippen molar-refractivity contribution in [2.24, 2.45) is 24.8 Å². The lowest BCUT2D eigenvalue weighted by Crippen LogP contribution is -3.00. The summed E-state index contributed by atoms with van der Waals surface area (Å²) in [6.07, 6.45) is 3.31. The van der Waals surface area contributed by atoms with Gasteiger partial charge in [-0.1, -0.05) is 57.5 Å². The number of ether oxygens (including phenoxy) is 2. The van der Waals surface area contributed by atoms with Crippen molar-refractivity contribution in [1.29, 1.82) is 0 Å². The molecule has 0 saturated heterocycles. The number of carbonyl (C=O) groups is 1. The molecular formula is C27H35ClN2O3. The zero-order valence-corrected chi connectivity index (χ0v) is 20.8. The minimum absolute atomic E-state index is 0. The monoisotopic (exact) mass is 470 g/mol. The van der Waals surface area contributed by atoms with Gasteiger partial charge in [-0.15, -0.1) is 0 Å². The Morgan fingerprint density at radius 2 is 1.79 bits per heavy atom. The van der Waals surface area contributed by atoms with Crippen LogP contribution in [0.15, 0.2) is 54.6 Å². The van der Waals surface area contributed by atoms with E-state index in [1.54, 1.807) is 0 Å². The molecule has 3 unspecified atom stereocenters. The highest BCUT2D eigenvalue weighted by Gasteiger charge is 2.34. The predicted octanol–water partition coefficient (Wildman–Crippen LogP) is 2.05. The van der Waals surface area contributed by atoms with Crippen molar-refractivity contribution >= 4 is 17.0 Å². The Balaban J connectivity index is 0.00000306. The Morgan fingerprint density at radius 3 is 2.52 bits per heavy atom. The molecule has 0 amide bonds. The van der Waals surface area contributed by atoms with Crippen LogP contribution in [-0.2, 0) is 29.7 Å². The highest BCUT2D eigenvalue weighted by molar-refractivity contribution is 5.76. The number of hydrogen-bond acceptors (Lipinski definition) is 3. The van der Waals surface area contributed by atoms with Crippen molar-refractivity contribution in [1.82, 2.24) is 4.57 Å². The maximum Gasteiger partial charge on any atom is 0.348 e. The van der Waals surface area contributed by atoms with Crippen molar-refractivity contribution in [2.75, 3.05) is 0 Å². The standard InChI is InChI=1S/C27H35N2O3.ClH/c1-19(2)22-15-14-20(3)16-25(22)32-27(30)17-29-24-13-9-8-12-23(24)28(4)26(29)18-31-21-10-6-5-7-11-21;/h5-13,19-20,22,25H,14-18H2,1-4H3;1H/q+1;/p-1. The van der Waals surface area contributed by atoms with Crippen LogP contribution in [0.3, 0.4) is 0 Å². The average molecular weight is 471 g/mol. The quantitative estimate of drug-likeness (QED) is 0.392. The summed E-state index contributed by atoms with van der Waals surface area (Å²) >= 11 is 0. The molecule has 1 aliphatic carbocycles. The summed E-state index contributed by atoms with van der Waals surface area (Å²) in [5.41, 5.74) is 2.08. The fraction of sp³-hybridized carbons (Fsp3) is 0.481. The number of hydrogen-bond donors (Lipinski definition) is 0. The van der Waals surface area contributed by atoms with E-state index in [1.807, 2.05) is 60.1 Å². The smallest absolute Gasteiger partial charge is 0.348 e. The number of aryl methyl sites for hydroxylation is 1. The topological polar surface area (TPSA) is 44.3 Å². The van der Waals surface area contributed by atoms with Crippen LogP contribution >= 0.6 is 0 Å². The molecule has 178 valence electrons. The third kappa shape index (κ3) is 5.70. The summed E-state index contributed by atoms with van der Waals surface area (Å²) in [5.74, 6) is 3.13. The molecule has 1 fully saturated rings. The molecular weight excluding hydrogens is 436 g/mol. The molecule has 3 atom stereocenters. The second kappa shape index (κ2) is 11.1. The van der Waals surface area contributed by atoms with Crippen LogP contribution in [0.1, 0.15) is 45.9 Å². The first-order valence-electron chi connectivity index (χ1n) is 11.8. The molecule has 4 rings (SSSR count). The molecule has 33 heavy (non-hydrogen) atoms. The summed E-state index contributed by atoms with van der Waals surface area (Å²) in [6, 6.07) is 17.9. The Labute approximate surface area is 203 Å². The van der Waals surface area contributed by atoms with E-state index in [1.165, 1.54) is 6.42 Å². The molecule has 1 saturated carbocycles. The Morgan fingerprint density at radius 1 is 1.09 bits per heavy atom. The van der Waals surface area contributed by atoms with Gasteiger partial charge < -0.3 is 21.9 Å². The van der Waals surface area contributed by atoms with Crippen molar-refractivity contribution in [3.8, 4) is 5.75 Å². The molecule has 1 aromatic heterocycles. The molecule has 0 aliphatic heterocycles. The molecule has 6 heteroatoms. The normalized spacial score (nSPS) is 20.5. The van der Waals surface area contributed by atoms with Crippen molar-refractivity contribution in [2.45, 2.75) is 59.3 Å². The summed E-state index contributed by atoms with van der Waals surface area (Å²) in [6.45, 7) is 7.29. The van der Waals surface area contributed by atoms with Gasteiger partial charge in [0.05, 0.1) is 7.05 Å². The van der Waals surface area contributed by atoms with E-state index in [4.69, 9.17) is 9.47 Å². The van der Waals surface area contributed by atoms with Gasteiger partial charge in [0.2, 0.25) is 0 Å². The van der Waals surface area contributed by atoms with Gasteiger partial charge in [0.25, 0.3) is 5.82 Å². The molecule has 2 aromatic carbocycles. The van der Waals surface area contributed by atoms with Gasteiger partial charge >= 0.3 is 5.97 Å². The van der Waals surface area contributed by atoms with Crippen LogP contribution in [0, 0.1) is 17.8 Å². The van der Waals surface area contributed by atoms with Gasteiger partial charge in [0.1, 0.15) is 11.9 Å². The molecule has 1 heterocycles. The average Bonchev–Trinajstić information content (AvgIpc) is 3.04. The Kier molecular flexibility index (Phi) is 8.41. The fourth-order valence-corrected chi connectivity index (χ4v) is 5.04. The first kappa shape index (κ1) is 25.1. The molecule has 0 N–H and O–H groups in total. The zero-order chi connectivity index (χ0) is 22.7. The molecule has 0 bridgehead atoms. The molecule has 3 aromatic rings. The number of benzene rings is 2. The minimum atomic E-state index is -0.169. The maximum atomic E-state index is 13.1. The van der Waals surface area contributed by atoms with E-state index < -0.39 is 0 Å². The van der Waals surface area contributed by atoms with Crippen LogP contribution in [0.2, 0.25) is 0 Å². The highest BCUT2D eigenvalue weighted by Crippen LogP contribution is 2.35. The number of para-hydroxylation sites is 3. The second-order valence-electron chi connectivity index (χ2n) is 9.51. The zero-order valence-electron chi connectivity index (χ0n) is 20.0. The van der Waals surface area contributed by atoms with Gasteiger partial charge in [-0.25, -0.2) is 13.9 Å². The van der Waals surface area contributed by atoms with Crippen LogP contribution in [0.5, 0.6) is 5.75 Å². The van der Waals surface area contributed by atoms with Gasteiger partial charge in [-0.3, -0.25) is 0 Å². The number of nitrogens with zero attached hydrogens (tertiary/aromatic N) is 2. The summed E-state index contributed by atoms with van der Waals surface area (Å²) in [5, 5.41) is 0. The van der Waals surface area contributed by atoms with Gasteiger partial charge in [-0.05, 0) is 54.9 Å². The number of aromatic nitrogens is 2. The van der Waals surface area contributed by atoms with Crippen LogP contribution in [0.4, 0.5) is 0 Å². The summed E-state index contributed by atoms with van der Waals surface area (Å²) in [7, 11) is 2.02. The number of halogens is 1. The van der Waals surface area contributed by atoms with E-state index in [0.29, 0.717) is 24.4 Å². The lowest BCUT2D eigenvalue weighted by Gasteiger charge is -2.36. The molecule has 5 nitrogen and oxygen atoms in total. The Bertz CT molecular complexity index is 1060. The Hall–Kier alpha value is -2.53. The first-order chi connectivity index (χ1) is 15.4. The van der Waals surface area contributed by atoms with Crippen molar-refractivity contribution < 1.29 is 31.2 Å². The van der Waals surface area contributed by atoms with Gasteiger partial charge in [0, 0.05) is 0 Å². The number of fused-ring (bicyclic) bond motifs is 1. The molecule has 0 radical (unpaired) electrons. The van der Waals surface area contributed by atoms with Crippen molar-refractivity contribution in [3.63, 3.8) is 0 Å². The van der Waals surface area contributed by atoms with Gasteiger partial charge in [0.15, 0.2) is 24.2 Å². The highest BCUT2D eigenvalue weighted by atomic mass is 35.5. The third-order valence-electron chi connectivity index (χ3n) is 6.88. The number of carbonyl (C=O) groups excluding carboxylic acids is 1. The van der Waals surface area contributed by atoms with E-state index in [0.717, 1.165) is 35.4 Å². The summed E-state index contributed by atoms with van der Waals surface area (Å²) < 4.78 is 16.3. The summed E-state index contributed by atoms with van der Waals surface area (Å²) in [4.78, 5) is 13.1. The van der Waals surface area contributed by atoms with E-state index in [9.17, 15) is 4.79 Å². The van der Waals surface area contributed by atoms with E-state index >= 15 is 0 Å². The van der Waals surface area contributed by atoms with Crippen LogP contribution < -0.4 is 21.7 Å². The third-order valence-corrected chi connectivity index (χ3v) is 6.88. The van der Waals surface area contributed by atoms with Gasteiger partial charge in [-0.2, -0.15) is 0 Å². The maximum absolute atomic E-state index is 13.1. The number of esters is 1. The fourth-order valence-electron chi connectivity index (χ4n) is 5.04. The number of imidazole rings is 1. The van der Waals surface area contributed by atoms with E-state index in [2.05, 4.69) is 31.4 Å². The van der Waals surface area contributed by atoms with Crippen molar-refractivity contribution in [3.05, 3.63) is 60.4 Å². The van der Waals surface area contributed by atoms with E-state index in [-0.39, 0.29) is 31.0 Å². The van der Waals surface area contributed by atoms with Crippen LogP contribution in [0.25, 0.3) is 11.0 Å². The second-order valence-corrected chi connectivity index (χ2v) is 9.51. The lowest BCUT2D eigenvalue weighted by molar-refractivity contribution is -0.655. The number of rotatable bonds is 7. The van der Waals surface area contributed by atoms with Crippen LogP contribution in [-0.4, -0.2) is 16.6 Å².